The number of hydrogen-bond acceptors (Lipinski definition) is 6. The maximum absolute atomic E-state index is 11.5. The summed E-state index contributed by atoms with van der Waals surface area (Å²) >= 11 is 0. The van der Waals surface area contributed by atoms with Gasteiger partial charge in [0.15, 0.2) is 6.29 Å². The van der Waals surface area contributed by atoms with E-state index in [9.17, 15) is 4.79 Å². The summed E-state index contributed by atoms with van der Waals surface area (Å²) in [4.78, 5) is 16.1. The Balaban J connectivity index is 1.29. The molecule has 1 fully saturated rings. The van der Waals surface area contributed by atoms with E-state index in [0.29, 0.717) is 24.5 Å². The number of carbonyl (C=O) groups excluding carboxylic acids is 1. The van der Waals surface area contributed by atoms with Gasteiger partial charge in [-0.2, -0.15) is 0 Å². The van der Waals surface area contributed by atoms with Crippen LogP contribution in [0.3, 0.4) is 0 Å². The molecule has 6 nitrogen and oxygen atoms in total. The molecule has 1 aliphatic rings. The molecule has 0 radical (unpaired) electrons. The van der Waals surface area contributed by atoms with Crippen molar-refractivity contribution in [2.24, 2.45) is 0 Å². The minimum absolute atomic E-state index is 0.456. The second kappa shape index (κ2) is 12.3. The zero-order valence-corrected chi connectivity index (χ0v) is 20.6. The van der Waals surface area contributed by atoms with Crippen LogP contribution in [0.1, 0.15) is 23.2 Å². The number of rotatable bonds is 12. The number of carbonyl (C=O) groups is 1. The van der Waals surface area contributed by atoms with Gasteiger partial charge in [-0.1, -0.05) is 18.2 Å². The van der Waals surface area contributed by atoms with Gasteiger partial charge < -0.3 is 19.1 Å². The minimum Gasteiger partial charge on any atom is -0.497 e. The van der Waals surface area contributed by atoms with E-state index in [4.69, 9.17) is 14.2 Å². The summed E-state index contributed by atoms with van der Waals surface area (Å²) in [6.45, 7) is 5.22. The Kier molecular flexibility index (Phi) is 8.63. The third-order valence-electron chi connectivity index (χ3n) is 6.40. The zero-order chi connectivity index (χ0) is 24.5. The summed E-state index contributed by atoms with van der Waals surface area (Å²) in [5, 5.41) is 0. The summed E-state index contributed by atoms with van der Waals surface area (Å²) < 4.78 is 17.2. The van der Waals surface area contributed by atoms with Crippen LogP contribution in [0.5, 0.6) is 17.2 Å². The molecular weight excluding hydrogens is 440 g/mol. The molecule has 0 atom stereocenters. The molecule has 0 unspecified atom stereocenters. The van der Waals surface area contributed by atoms with Crippen LogP contribution in [0.2, 0.25) is 0 Å². The molecule has 6 heteroatoms. The van der Waals surface area contributed by atoms with Crippen LogP contribution in [0.25, 0.3) is 11.1 Å². The molecule has 1 heterocycles. The maximum atomic E-state index is 11.5. The van der Waals surface area contributed by atoms with Gasteiger partial charge in [0.1, 0.15) is 30.5 Å². The predicted octanol–water partition coefficient (Wildman–Crippen LogP) is 5.16. The Morgan fingerprint density at radius 1 is 0.857 bits per heavy atom. The lowest BCUT2D eigenvalue weighted by molar-refractivity contribution is 0.111. The van der Waals surface area contributed by atoms with Crippen LogP contribution in [0, 0.1) is 0 Å². The van der Waals surface area contributed by atoms with Crippen molar-refractivity contribution in [3.8, 4) is 28.4 Å². The Morgan fingerprint density at radius 2 is 1.54 bits per heavy atom. The average Bonchev–Trinajstić information content (AvgIpc) is 3.42. The highest BCUT2D eigenvalue weighted by Gasteiger charge is 2.11. The number of likely N-dealkylation sites (tertiary alicyclic amines) is 1. The summed E-state index contributed by atoms with van der Waals surface area (Å²) in [6, 6.07) is 21.6. The van der Waals surface area contributed by atoms with E-state index in [1.807, 2.05) is 55.6 Å². The van der Waals surface area contributed by atoms with Crippen molar-refractivity contribution >= 4 is 12.0 Å². The first-order valence-electron chi connectivity index (χ1n) is 12.2. The van der Waals surface area contributed by atoms with E-state index in [0.717, 1.165) is 47.8 Å². The Labute approximate surface area is 208 Å². The molecule has 3 aromatic carbocycles. The van der Waals surface area contributed by atoms with E-state index in [1.165, 1.54) is 25.9 Å². The maximum Gasteiger partial charge on any atom is 0.153 e. The molecule has 0 saturated carbocycles. The summed E-state index contributed by atoms with van der Waals surface area (Å²) in [6.07, 6.45) is 3.43. The standard InChI is InChI=1S/C29H34N2O4/c1-30(26-9-13-28(14-10-26)34-20-18-31-15-3-4-16-31)17-19-35-29-21-24(5-6-25(29)22-32)23-7-11-27(33-2)12-8-23/h5-14,21-22H,3-4,15-20H2,1-2H3. The smallest absolute Gasteiger partial charge is 0.153 e. The Hall–Kier alpha value is -3.51. The van der Waals surface area contributed by atoms with E-state index in [2.05, 4.69) is 21.9 Å². The monoisotopic (exact) mass is 474 g/mol. The van der Waals surface area contributed by atoms with Gasteiger partial charge in [0, 0.05) is 19.3 Å². The number of ether oxygens (including phenoxy) is 3. The topological polar surface area (TPSA) is 51.2 Å². The molecule has 3 aromatic rings. The van der Waals surface area contributed by atoms with Gasteiger partial charge in [-0.3, -0.25) is 9.69 Å². The number of benzene rings is 3. The lowest BCUT2D eigenvalue weighted by Crippen LogP contribution is -2.25. The Morgan fingerprint density at radius 3 is 2.23 bits per heavy atom. The third kappa shape index (κ3) is 6.76. The first-order chi connectivity index (χ1) is 17.2. The Bertz CT molecular complexity index is 1080. The predicted molar refractivity (Wildman–Crippen MR) is 140 cm³/mol. The van der Waals surface area contributed by atoms with E-state index in [-0.39, 0.29) is 0 Å². The molecule has 0 bridgehead atoms. The molecule has 35 heavy (non-hydrogen) atoms. The third-order valence-corrected chi connectivity index (χ3v) is 6.40. The quantitative estimate of drug-likeness (QED) is 0.338. The lowest BCUT2D eigenvalue weighted by Gasteiger charge is -2.20. The largest absolute Gasteiger partial charge is 0.497 e. The molecule has 0 N–H and O–H groups in total. The van der Waals surface area contributed by atoms with E-state index >= 15 is 0 Å². The number of nitrogens with zero attached hydrogens (tertiary/aromatic N) is 2. The van der Waals surface area contributed by atoms with Crippen LogP contribution < -0.4 is 19.1 Å². The van der Waals surface area contributed by atoms with Crippen LogP contribution >= 0.6 is 0 Å². The van der Waals surface area contributed by atoms with Crippen molar-refractivity contribution < 1.29 is 19.0 Å². The highest BCUT2D eigenvalue weighted by atomic mass is 16.5. The second-order valence-corrected chi connectivity index (χ2v) is 8.76. The van der Waals surface area contributed by atoms with Crippen molar-refractivity contribution in [2.75, 3.05) is 58.5 Å². The molecule has 184 valence electrons. The fourth-order valence-corrected chi connectivity index (χ4v) is 4.24. The lowest BCUT2D eigenvalue weighted by atomic mass is 10.0. The molecule has 1 aliphatic heterocycles. The van der Waals surface area contributed by atoms with Crippen molar-refractivity contribution in [1.82, 2.24) is 4.90 Å². The van der Waals surface area contributed by atoms with E-state index < -0.39 is 0 Å². The number of hydrogen-bond donors (Lipinski definition) is 0. The fourth-order valence-electron chi connectivity index (χ4n) is 4.24. The number of methoxy groups -OCH3 is 1. The van der Waals surface area contributed by atoms with Crippen LogP contribution in [0.15, 0.2) is 66.7 Å². The van der Waals surface area contributed by atoms with Gasteiger partial charge in [0.05, 0.1) is 19.2 Å². The summed E-state index contributed by atoms with van der Waals surface area (Å²) in [5.74, 6) is 2.28. The summed E-state index contributed by atoms with van der Waals surface area (Å²) in [7, 11) is 3.68. The highest BCUT2D eigenvalue weighted by Crippen LogP contribution is 2.28. The van der Waals surface area contributed by atoms with Crippen LogP contribution in [-0.2, 0) is 0 Å². The van der Waals surface area contributed by atoms with Gasteiger partial charge in [0.25, 0.3) is 0 Å². The molecule has 0 aromatic heterocycles. The molecule has 1 saturated heterocycles. The van der Waals surface area contributed by atoms with Crippen LogP contribution in [-0.4, -0.2) is 64.7 Å². The average molecular weight is 475 g/mol. The fraction of sp³-hybridized carbons (Fsp3) is 0.345. The van der Waals surface area contributed by atoms with Crippen molar-refractivity contribution in [1.29, 1.82) is 0 Å². The number of likely N-dealkylation sites (N-methyl/N-ethyl adjacent to an activating group) is 1. The van der Waals surface area contributed by atoms with Gasteiger partial charge in [-0.25, -0.2) is 0 Å². The first kappa shape index (κ1) is 24.6. The molecular formula is C29H34N2O4. The van der Waals surface area contributed by atoms with Gasteiger partial charge in [-0.05, 0) is 85.6 Å². The SMILES string of the molecule is COc1ccc(-c2ccc(C=O)c(OCCN(C)c3ccc(OCCN4CCCC4)cc3)c2)cc1. The first-order valence-corrected chi connectivity index (χ1v) is 12.2. The second-order valence-electron chi connectivity index (χ2n) is 8.76. The highest BCUT2D eigenvalue weighted by molar-refractivity contribution is 5.82. The van der Waals surface area contributed by atoms with Gasteiger partial charge in [0.2, 0.25) is 0 Å². The molecule has 4 rings (SSSR count). The van der Waals surface area contributed by atoms with Crippen LogP contribution in [0.4, 0.5) is 5.69 Å². The zero-order valence-electron chi connectivity index (χ0n) is 20.6. The number of anilines is 1. The summed E-state index contributed by atoms with van der Waals surface area (Å²) in [5.41, 5.74) is 3.65. The van der Waals surface area contributed by atoms with Gasteiger partial charge in [-0.15, -0.1) is 0 Å². The van der Waals surface area contributed by atoms with Crippen molar-refractivity contribution in [3.63, 3.8) is 0 Å². The number of aldehydes is 1. The molecule has 0 aliphatic carbocycles. The minimum atomic E-state index is 0.456. The molecule has 0 spiro atoms. The van der Waals surface area contributed by atoms with E-state index in [1.54, 1.807) is 13.2 Å². The van der Waals surface area contributed by atoms with Gasteiger partial charge >= 0.3 is 0 Å². The normalized spacial score (nSPS) is 13.4. The van der Waals surface area contributed by atoms with Crippen molar-refractivity contribution in [3.05, 3.63) is 72.3 Å². The molecule has 0 amide bonds. The van der Waals surface area contributed by atoms with Crippen molar-refractivity contribution in [2.45, 2.75) is 12.8 Å².